The Morgan fingerprint density at radius 1 is 1.15 bits per heavy atom. The lowest BCUT2D eigenvalue weighted by molar-refractivity contribution is 0.578. The molecule has 0 saturated carbocycles. The summed E-state index contributed by atoms with van der Waals surface area (Å²) in [4.78, 5) is 0. The zero-order valence-electron chi connectivity index (χ0n) is 13.0. The Bertz CT molecular complexity index is 541. The quantitative estimate of drug-likeness (QED) is 0.874. The van der Waals surface area contributed by atoms with E-state index >= 15 is 0 Å². The predicted molar refractivity (Wildman–Crippen MR) is 83.8 cm³/mol. The SMILES string of the molecule is Cc1nn(CCc2ccccc2)c(C)c1CNC(C)C. The van der Waals surface area contributed by atoms with Gasteiger partial charge in [-0.05, 0) is 25.8 Å². The van der Waals surface area contributed by atoms with Gasteiger partial charge in [0.2, 0.25) is 0 Å². The first-order valence-electron chi connectivity index (χ1n) is 7.38. The van der Waals surface area contributed by atoms with Crippen LogP contribution in [0.3, 0.4) is 0 Å². The second kappa shape index (κ2) is 6.71. The van der Waals surface area contributed by atoms with Crippen molar-refractivity contribution in [3.8, 4) is 0 Å². The van der Waals surface area contributed by atoms with Crippen LogP contribution in [-0.4, -0.2) is 15.8 Å². The lowest BCUT2D eigenvalue weighted by atomic mass is 10.1. The summed E-state index contributed by atoms with van der Waals surface area (Å²) in [6, 6.07) is 11.1. The Labute approximate surface area is 122 Å². The van der Waals surface area contributed by atoms with Crippen molar-refractivity contribution in [2.45, 2.75) is 53.2 Å². The van der Waals surface area contributed by atoms with Gasteiger partial charge in [0.15, 0.2) is 0 Å². The first kappa shape index (κ1) is 14.8. The Morgan fingerprint density at radius 2 is 1.85 bits per heavy atom. The molecule has 0 radical (unpaired) electrons. The van der Waals surface area contributed by atoms with E-state index in [0.29, 0.717) is 6.04 Å². The van der Waals surface area contributed by atoms with Gasteiger partial charge in [-0.1, -0.05) is 44.2 Å². The summed E-state index contributed by atoms with van der Waals surface area (Å²) in [7, 11) is 0. The van der Waals surface area contributed by atoms with Crippen LogP contribution in [0.1, 0.15) is 36.4 Å². The standard InChI is InChI=1S/C17H25N3/c1-13(2)18-12-17-14(3)19-20(15(17)4)11-10-16-8-6-5-7-9-16/h5-9,13,18H,10-12H2,1-4H3. The Kier molecular flexibility index (Phi) is 4.96. The van der Waals surface area contributed by atoms with E-state index in [2.05, 4.69) is 73.1 Å². The number of rotatable bonds is 6. The van der Waals surface area contributed by atoms with Gasteiger partial charge in [0.05, 0.1) is 5.69 Å². The summed E-state index contributed by atoms with van der Waals surface area (Å²) in [6.45, 7) is 10.5. The molecule has 0 fully saturated rings. The third-order valence-electron chi connectivity index (χ3n) is 3.67. The van der Waals surface area contributed by atoms with Gasteiger partial charge in [0, 0.05) is 30.4 Å². The van der Waals surface area contributed by atoms with Gasteiger partial charge in [0.25, 0.3) is 0 Å². The first-order chi connectivity index (χ1) is 9.58. The van der Waals surface area contributed by atoms with Gasteiger partial charge in [-0.3, -0.25) is 4.68 Å². The average Bonchev–Trinajstić information content (AvgIpc) is 2.70. The van der Waals surface area contributed by atoms with Crippen LogP contribution in [0.4, 0.5) is 0 Å². The smallest absolute Gasteiger partial charge is 0.0641 e. The molecule has 3 heteroatoms. The molecular formula is C17H25N3. The number of nitrogens with one attached hydrogen (secondary N) is 1. The Morgan fingerprint density at radius 3 is 2.50 bits per heavy atom. The minimum atomic E-state index is 0.501. The fraction of sp³-hybridized carbons (Fsp3) is 0.471. The van der Waals surface area contributed by atoms with E-state index in [-0.39, 0.29) is 0 Å². The van der Waals surface area contributed by atoms with Crippen molar-refractivity contribution in [1.82, 2.24) is 15.1 Å². The molecule has 3 nitrogen and oxygen atoms in total. The second-order valence-electron chi connectivity index (χ2n) is 5.64. The van der Waals surface area contributed by atoms with Gasteiger partial charge in [0.1, 0.15) is 0 Å². The molecule has 0 aliphatic rings. The van der Waals surface area contributed by atoms with E-state index in [0.717, 1.165) is 25.2 Å². The highest BCUT2D eigenvalue weighted by Crippen LogP contribution is 2.14. The van der Waals surface area contributed by atoms with E-state index in [1.54, 1.807) is 0 Å². The summed E-state index contributed by atoms with van der Waals surface area (Å²) in [5.74, 6) is 0. The predicted octanol–water partition coefficient (Wildman–Crippen LogP) is 3.24. The maximum absolute atomic E-state index is 4.68. The van der Waals surface area contributed by atoms with Crippen molar-refractivity contribution in [2.75, 3.05) is 0 Å². The third-order valence-corrected chi connectivity index (χ3v) is 3.67. The van der Waals surface area contributed by atoms with Gasteiger partial charge >= 0.3 is 0 Å². The van der Waals surface area contributed by atoms with Crippen LogP contribution in [0.2, 0.25) is 0 Å². The van der Waals surface area contributed by atoms with Gasteiger partial charge in [-0.15, -0.1) is 0 Å². The highest BCUT2D eigenvalue weighted by Gasteiger charge is 2.11. The molecule has 0 bridgehead atoms. The van der Waals surface area contributed by atoms with Crippen molar-refractivity contribution in [1.29, 1.82) is 0 Å². The van der Waals surface area contributed by atoms with E-state index in [1.165, 1.54) is 16.8 Å². The minimum Gasteiger partial charge on any atom is -0.310 e. The maximum Gasteiger partial charge on any atom is 0.0641 e. The van der Waals surface area contributed by atoms with Crippen molar-refractivity contribution >= 4 is 0 Å². The molecule has 1 heterocycles. The summed E-state index contributed by atoms with van der Waals surface area (Å²) in [6.07, 6.45) is 1.03. The molecule has 1 N–H and O–H groups in total. The lowest BCUT2D eigenvalue weighted by Crippen LogP contribution is -2.22. The highest BCUT2D eigenvalue weighted by atomic mass is 15.3. The summed E-state index contributed by atoms with van der Waals surface area (Å²) in [5, 5.41) is 8.16. The second-order valence-corrected chi connectivity index (χ2v) is 5.64. The fourth-order valence-electron chi connectivity index (χ4n) is 2.39. The Balaban J connectivity index is 2.04. The molecule has 1 aromatic carbocycles. The molecule has 0 spiro atoms. The van der Waals surface area contributed by atoms with E-state index in [9.17, 15) is 0 Å². The number of benzene rings is 1. The van der Waals surface area contributed by atoms with Crippen LogP contribution in [0.5, 0.6) is 0 Å². The molecule has 0 saturated heterocycles. The normalized spacial score (nSPS) is 11.2. The van der Waals surface area contributed by atoms with Crippen LogP contribution in [0.15, 0.2) is 30.3 Å². The summed E-state index contributed by atoms with van der Waals surface area (Å²) >= 11 is 0. The maximum atomic E-state index is 4.68. The molecule has 1 aromatic heterocycles. The zero-order valence-corrected chi connectivity index (χ0v) is 13.0. The number of aromatic nitrogens is 2. The molecule has 0 aliphatic carbocycles. The molecule has 0 aliphatic heterocycles. The third kappa shape index (κ3) is 3.70. The average molecular weight is 271 g/mol. The van der Waals surface area contributed by atoms with Crippen LogP contribution in [-0.2, 0) is 19.5 Å². The van der Waals surface area contributed by atoms with Gasteiger partial charge < -0.3 is 5.32 Å². The molecular weight excluding hydrogens is 246 g/mol. The molecule has 0 atom stereocenters. The van der Waals surface area contributed by atoms with Gasteiger partial charge in [-0.25, -0.2) is 0 Å². The summed E-state index contributed by atoms with van der Waals surface area (Å²) in [5.41, 5.74) is 5.13. The molecule has 0 unspecified atom stereocenters. The van der Waals surface area contributed by atoms with E-state index in [4.69, 9.17) is 0 Å². The summed E-state index contributed by atoms with van der Waals surface area (Å²) < 4.78 is 2.14. The van der Waals surface area contributed by atoms with Gasteiger partial charge in [-0.2, -0.15) is 5.10 Å². The van der Waals surface area contributed by atoms with Crippen LogP contribution >= 0.6 is 0 Å². The van der Waals surface area contributed by atoms with E-state index in [1.807, 2.05) is 0 Å². The first-order valence-corrected chi connectivity index (χ1v) is 7.38. The zero-order chi connectivity index (χ0) is 14.5. The number of hydrogen-bond acceptors (Lipinski definition) is 2. The number of hydrogen-bond donors (Lipinski definition) is 1. The lowest BCUT2D eigenvalue weighted by Gasteiger charge is -2.09. The van der Waals surface area contributed by atoms with Crippen LogP contribution in [0.25, 0.3) is 0 Å². The van der Waals surface area contributed by atoms with Crippen molar-refractivity contribution in [3.63, 3.8) is 0 Å². The van der Waals surface area contributed by atoms with Crippen molar-refractivity contribution in [3.05, 3.63) is 52.8 Å². The highest BCUT2D eigenvalue weighted by molar-refractivity contribution is 5.24. The van der Waals surface area contributed by atoms with Crippen molar-refractivity contribution in [2.24, 2.45) is 0 Å². The topological polar surface area (TPSA) is 29.9 Å². The number of nitrogens with zero attached hydrogens (tertiary/aromatic N) is 2. The van der Waals surface area contributed by atoms with Crippen LogP contribution < -0.4 is 5.32 Å². The monoisotopic (exact) mass is 271 g/mol. The molecule has 20 heavy (non-hydrogen) atoms. The minimum absolute atomic E-state index is 0.501. The van der Waals surface area contributed by atoms with Crippen LogP contribution in [0, 0.1) is 13.8 Å². The largest absolute Gasteiger partial charge is 0.310 e. The van der Waals surface area contributed by atoms with E-state index < -0.39 is 0 Å². The van der Waals surface area contributed by atoms with Crippen molar-refractivity contribution < 1.29 is 0 Å². The molecule has 0 amide bonds. The number of aryl methyl sites for hydroxylation is 3. The Hall–Kier alpha value is -1.61. The molecule has 2 rings (SSSR count). The molecule has 108 valence electrons. The molecule has 2 aromatic rings. The fourth-order valence-corrected chi connectivity index (χ4v) is 2.39.